The fourth-order valence-electron chi connectivity index (χ4n) is 3.86. The van der Waals surface area contributed by atoms with Gasteiger partial charge in [-0.2, -0.15) is 0 Å². The summed E-state index contributed by atoms with van der Waals surface area (Å²) in [5, 5.41) is 8.99. The predicted molar refractivity (Wildman–Crippen MR) is 162 cm³/mol. The molecule has 1 atom stereocenters. The van der Waals surface area contributed by atoms with Gasteiger partial charge in [-0.3, -0.25) is 4.79 Å². The van der Waals surface area contributed by atoms with E-state index in [0.29, 0.717) is 6.61 Å². The van der Waals surface area contributed by atoms with Gasteiger partial charge in [0.05, 0.1) is 12.5 Å². The van der Waals surface area contributed by atoms with E-state index in [-0.39, 0.29) is 11.0 Å². The number of benzene rings is 3. The maximum atomic E-state index is 13.5. The first-order valence-electron chi connectivity index (χ1n) is 12.5. The molecule has 1 unspecified atom stereocenters. The first-order chi connectivity index (χ1) is 18.3. The number of hydrogen-bond donors (Lipinski definition) is 3. The van der Waals surface area contributed by atoms with E-state index >= 15 is 0 Å². The van der Waals surface area contributed by atoms with Gasteiger partial charge in [0.25, 0.3) is 0 Å². The highest BCUT2D eigenvalue weighted by Crippen LogP contribution is 2.31. The molecule has 0 spiro atoms. The van der Waals surface area contributed by atoms with Gasteiger partial charge in [-0.05, 0) is 54.0 Å². The van der Waals surface area contributed by atoms with Crippen molar-refractivity contribution in [1.29, 1.82) is 0 Å². The molecule has 0 saturated carbocycles. The minimum atomic E-state index is -1.88. The number of alkyl halides is 3. The van der Waals surface area contributed by atoms with E-state index in [1.54, 1.807) is 0 Å². The molecule has 3 rings (SSSR count). The smallest absolute Gasteiger partial charge is 0.233 e. The lowest BCUT2D eigenvalue weighted by Crippen LogP contribution is -2.57. The first-order valence-corrected chi connectivity index (χ1v) is 14.1. The average Bonchev–Trinajstić information content (AvgIpc) is 2.90. The van der Waals surface area contributed by atoms with Crippen LogP contribution in [0.5, 0.6) is 5.75 Å². The Morgan fingerprint density at radius 3 is 1.95 bits per heavy atom. The molecule has 1 amide bonds. The molecule has 0 aliphatic carbocycles. The Labute approximate surface area is 245 Å². The molecule has 0 aromatic heterocycles. The molecule has 0 fully saturated rings. The second-order valence-electron chi connectivity index (χ2n) is 8.77. The fraction of sp³-hybridized carbons (Fsp3) is 0.310. The summed E-state index contributed by atoms with van der Waals surface area (Å²) in [6, 6.07) is 26.3. The summed E-state index contributed by atoms with van der Waals surface area (Å²) in [4.78, 5) is 13.5. The largest absolute Gasteiger partial charge is 0.494 e. The third kappa shape index (κ3) is 9.66. The van der Waals surface area contributed by atoms with E-state index in [0.717, 1.165) is 35.4 Å². The molecular formula is C29H32Cl3N3O2S. The maximum absolute atomic E-state index is 13.5. The standard InChI is InChI=1S/C29H32Cl3N3O2S/c1-2-3-4-11-20-37-24-18-16-23(17-19-24)33-28(38)35-27(29(30,31)32)34-26(36)25(21-12-7-5-8-13-21)22-14-9-6-10-15-22/h5-10,12-19,25,27H,2-4,11,20H2,1H3,(H,34,36)(H2,33,35,38). The van der Waals surface area contributed by atoms with Crippen molar-refractivity contribution in [2.24, 2.45) is 0 Å². The van der Waals surface area contributed by atoms with Crippen molar-refractivity contribution in [1.82, 2.24) is 10.6 Å². The maximum Gasteiger partial charge on any atom is 0.233 e. The van der Waals surface area contributed by atoms with E-state index in [2.05, 4.69) is 22.9 Å². The molecule has 38 heavy (non-hydrogen) atoms. The van der Waals surface area contributed by atoms with Crippen molar-refractivity contribution in [2.45, 2.75) is 48.5 Å². The Morgan fingerprint density at radius 1 is 0.842 bits per heavy atom. The number of anilines is 1. The summed E-state index contributed by atoms with van der Waals surface area (Å²) in [6.45, 7) is 2.87. The van der Waals surface area contributed by atoms with Crippen LogP contribution in [0.25, 0.3) is 0 Å². The molecule has 0 heterocycles. The van der Waals surface area contributed by atoms with E-state index in [4.69, 9.17) is 51.8 Å². The molecule has 0 aliphatic rings. The van der Waals surface area contributed by atoms with Gasteiger partial charge in [-0.25, -0.2) is 0 Å². The Morgan fingerprint density at radius 2 is 1.42 bits per heavy atom. The van der Waals surface area contributed by atoms with Gasteiger partial charge >= 0.3 is 0 Å². The number of nitrogens with one attached hydrogen (secondary N) is 3. The summed E-state index contributed by atoms with van der Waals surface area (Å²) in [7, 11) is 0. The Hall–Kier alpha value is -2.51. The molecule has 9 heteroatoms. The second-order valence-corrected chi connectivity index (χ2v) is 11.5. The van der Waals surface area contributed by atoms with E-state index in [1.807, 2.05) is 84.9 Å². The van der Waals surface area contributed by atoms with Crippen molar-refractivity contribution in [2.75, 3.05) is 11.9 Å². The number of halogens is 3. The van der Waals surface area contributed by atoms with Gasteiger partial charge in [0, 0.05) is 5.69 Å². The van der Waals surface area contributed by atoms with E-state index in [1.165, 1.54) is 12.8 Å². The monoisotopic (exact) mass is 591 g/mol. The van der Waals surface area contributed by atoms with Gasteiger partial charge in [0.2, 0.25) is 9.70 Å². The molecular weight excluding hydrogens is 561 g/mol. The van der Waals surface area contributed by atoms with Crippen LogP contribution in [-0.4, -0.2) is 27.6 Å². The zero-order valence-electron chi connectivity index (χ0n) is 21.1. The number of carbonyl (C=O) groups excluding carboxylic acids is 1. The first kappa shape index (κ1) is 30.0. The van der Waals surface area contributed by atoms with Crippen LogP contribution in [0.2, 0.25) is 0 Å². The number of ether oxygens (including phenoxy) is 1. The molecule has 0 aliphatic heterocycles. The van der Waals surface area contributed by atoms with Crippen molar-refractivity contribution in [3.63, 3.8) is 0 Å². The zero-order valence-corrected chi connectivity index (χ0v) is 24.2. The molecule has 0 bridgehead atoms. The highest BCUT2D eigenvalue weighted by atomic mass is 35.6. The number of unbranched alkanes of at least 4 members (excludes halogenated alkanes) is 3. The zero-order chi connectivity index (χ0) is 27.4. The molecule has 3 aromatic rings. The SMILES string of the molecule is CCCCCCOc1ccc(NC(=S)NC(NC(=O)C(c2ccccc2)c2ccccc2)C(Cl)(Cl)Cl)cc1. The second kappa shape index (κ2) is 15.2. The third-order valence-corrected chi connectivity index (χ3v) is 6.67. The van der Waals surface area contributed by atoms with Crippen LogP contribution >= 0.6 is 47.0 Å². The molecule has 5 nitrogen and oxygen atoms in total. The minimum Gasteiger partial charge on any atom is -0.494 e. The molecule has 3 N–H and O–H groups in total. The van der Waals surface area contributed by atoms with Crippen LogP contribution in [0.1, 0.15) is 49.7 Å². The topological polar surface area (TPSA) is 62.4 Å². The molecule has 202 valence electrons. The average molecular weight is 593 g/mol. The van der Waals surface area contributed by atoms with Crippen molar-refractivity contribution in [3.8, 4) is 5.75 Å². The summed E-state index contributed by atoms with van der Waals surface area (Å²) in [5.74, 6) is -0.162. The fourth-order valence-corrected chi connectivity index (χ4v) is 4.43. The van der Waals surface area contributed by atoms with Crippen molar-refractivity contribution < 1.29 is 9.53 Å². The lowest BCUT2D eigenvalue weighted by molar-refractivity contribution is -0.122. The van der Waals surface area contributed by atoms with Crippen LogP contribution in [-0.2, 0) is 4.79 Å². The van der Waals surface area contributed by atoms with Gasteiger partial charge in [-0.1, -0.05) is 122 Å². The van der Waals surface area contributed by atoms with Gasteiger partial charge < -0.3 is 20.7 Å². The van der Waals surface area contributed by atoms with E-state index < -0.39 is 15.9 Å². The summed E-state index contributed by atoms with van der Waals surface area (Å²) < 4.78 is 3.90. The lowest BCUT2D eigenvalue weighted by atomic mass is 9.90. The van der Waals surface area contributed by atoms with E-state index in [9.17, 15) is 4.79 Å². The van der Waals surface area contributed by atoms with Gasteiger partial charge in [0.15, 0.2) is 5.11 Å². The number of carbonyl (C=O) groups is 1. The lowest BCUT2D eigenvalue weighted by Gasteiger charge is -2.29. The van der Waals surface area contributed by atoms with Gasteiger partial charge in [-0.15, -0.1) is 0 Å². The Balaban J connectivity index is 1.64. The molecule has 0 radical (unpaired) electrons. The van der Waals surface area contributed by atoms with Crippen molar-refractivity contribution >= 4 is 63.7 Å². The summed E-state index contributed by atoms with van der Waals surface area (Å²) in [6.07, 6.45) is 3.50. The van der Waals surface area contributed by atoms with Crippen molar-refractivity contribution in [3.05, 3.63) is 96.1 Å². The van der Waals surface area contributed by atoms with Crippen LogP contribution in [0.4, 0.5) is 5.69 Å². The Kier molecular flexibility index (Phi) is 12.0. The Bertz CT molecular complexity index is 1100. The number of hydrogen-bond acceptors (Lipinski definition) is 3. The number of thiocarbonyl (C=S) groups is 1. The van der Waals surface area contributed by atoms with Crippen LogP contribution < -0.4 is 20.7 Å². The summed E-state index contributed by atoms with van der Waals surface area (Å²) in [5.41, 5.74) is 2.35. The van der Waals surface area contributed by atoms with Crippen LogP contribution in [0.3, 0.4) is 0 Å². The minimum absolute atomic E-state index is 0.186. The summed E-state index contributed by atoms with van der Waals surface area (Å²) >= 11 is 24.2. The number of amides is 1. The van der Waals surface area contributed by atoms with Gasteiger partial charge in [0.1, 0.15) is 11.9 Å². The van der Waals surface area contributed by atoms with Crippen LogP contribution in [0, 0.1) is 0 Å². The molecule has 0 saturated heterocycles. The third-order valence-electron chi connectivity index (χ3n) is 5.80. The quantitative estimate of drug-likeness (QED) is 0.0876. The highest BCUT2D eigenvalue weighted by Gasteiger charge is 2.36. The normalized spacial score (nSPS) is 12.0. The number of rotatable bonds is 12. The predicted octanol–water partition coefficient (Wildman–Crippen LogP) is 7.58. The van der Waals surface area contributed by atoms with Crippen LogP contribution in [0.15, 0.2) is 84.9 Å². The highest BCUT2D eigenvalue weighted by molar-refractivity contribution is 7.80. The molecule has 3 aromatic carbocycles.